The van der Waals surface area contributed by atoms with Crippen molar-refractivity contribution in [1.29, 1.82) is 0 Å². The molecule has 1 aliphatic heterocycles. The maximum Gasteiger partial charge on any atom is 0.211 e. The summed E-state index contributed by atoms with van der Waals surface area (Å²) in [4.78, 5) is 0. The minimum Gasteiger partial charge on any atom is -0.385 e. The van der Waals surface area contributed by atoms with Crippen LogP contribution in [-0.2, 0) is 14.8 Å². The minimum absolute atomic E-state index is 0. The Morgan fingerprint density at radius 3 is 2.81 bits per heavy atom. The third-order valence-electron chi connectivity index (χ3n) is 2.40. The van der Waals surface area contributed by atoms with E-state index in [0.717, 1.165) is 25.9 Å². The van der Waals surface area contributed by atoms with E-state index in [-0.39, 0.29) is 24.2 Å². The van der Waals surface area contributed by atoms with Crippen molar-refractivity contribution in [1.82, 2.24) is 10.0 Å². The fraction of sp³-hybridized carbons (Fsp3) is 1.00. The lowest BCUT2D eigenvalue weighted by atomic mass is 10.1. The summed E-state index contributed by atoms with van der Waals surface area (Å²) < 4.78 is 30.7. The maximum absolute atomic E-state index is 11.6. The molecule has 98 valence electrons. The van der Waals surface area contributed by atoms with E-state index in [1.807, 2.05) is 0 Å². The SMILES string of the molecule is COCCCS(=O)(=O)NC1CCCNC1.Cl. The summed E-state index contributed by atoms with van der Waals surface area (Å²) in [5.74, 6) is 0.150. The molecule has 1 atom stereocenters. The molecule has 5 nitrogen and oxygen atoms in total. The predicted molar refractivity (Wildman–Crippen MR) is 66.6 cm³/mol. The van der Waals surface area contributed by atoms with Crippen LogP contribution in [0, 0.1) is 0 Å². The molecule has 0 aromatic heterocycles. The molecule has 1 rings (SSSR count). The first-order chi connectivity index (χ1) is 7.14. The largest absolute Gasteiger partial charge is 0.385 e. The number of piperidine rings is 1. The second-order valence-electron chi connectivity index (χ2n) is 3.83. The Kier molecular flexibility index (Phi) is 8.31. The first-order valence-corrected chi connectivity index (χ1v) is 6.99. The molecule has 1 fully saturated rings. The van der Waals surface area contributed by atoms with Crippen LogP contribution in [0.3, 0.4) is 0 Å². The molecule has 1 unspecified atom stereocenters. The summed E-state index contributed by atoms with van der Waals surface area (Å²) >= 11 is 0. The highest BCUT2D eigenvalue weighted by Crippen LogP contribution is 2.03. The highest BCUT2D eigenvalue weighted by molar-refractivity contribution is 7.89. The van der Waals surface area contributed by atoms with E-state index in [4.69, 9.17) is 4.74 Å². The van der Waals surface area contributed by atoms with Crippen molar-refractivity contribution in [3.63, 3.8) is 0 Å². The van der Waals surface area contributed by atoms with Crippen molar-refractivity contribution in [2.75, 3.05) is 32.6 Å². The number of sulfonamides is 1. The van der Waals surface area contributed by atoms with Gasteiger partial charge >= 0.3 is 0 Å². The molecule has 1 aliphatic rings. The Morgan fingerprint density at radius 2 is 2.25 bits per heavy atom. The minimum atomic E-state index is -3.12. The Labute approximate surface area is 104 Å². The molecular formula is C9H21ClN2O3S. The van der Waals surface area contributed by atoms with Crippen LogP contribution in [0.1, 0.15) is 19.3 Å². The standard InChI is InChI=1S/C9H20N2O3S.ClH/c1-14-6-3-7-15(12,13)11-9-4-2-5-10-8-9;/h9-11H,2-8H2,1H3;1H. The summed E-state index contributed by atoms with van der Waals surface area (Å²) in [7, 11) is -1.55. The van der Waals surface area contributed by atoms with Gasteiger partial charge in [0.1, 0.15) is 0 Å². The van der Waals surface area contributed by atoms with Crippen LogP contribution in [0.15, 0.2) is 0 Å². The highest BCUT2D eigenvalue weighted by atomic mass is 35.5. The number of halogens is 1. The van der Waals surface area contributed by atoms with Gasteiger partial charge in [0.15, 0.2) is 0 Å². The molecule has 0 aromatic rings. The van der Waals surface area contributed by atoms with E-state index in [1.54, 1.807) is 7.11 Å². The second kappa shape index (κ2) is 8.25. The number of ether oxygens (including phenoxy) is 1. The van der Waals surface area contributed by atoms with Crippen molar-refractivity contribution in [2.45, 2.75) is 25.3 Å². The van der Waals surface area contributed by atoms with Crippen LogP contribution in [0.5, 0.6) is 0 Å². The van der Waals surface area contributed by atoms with Gasteiger partial charge in [-0.05, 0) is 25.8 Å². The number of hydrogen-bond acceptors (Lipinski definition) is 4. The second-order valence-corrected chi connectivity index (χ2v) is 5.70. The van der Waals surface area contributed by atoms with Crippen LogP contribution < -0.4 is 10.0 Å². The zero-order chi connectivity index (χ0) is 11.1. The Hall–Kier alpha value is 0.120. The van der Waals surface area contributed by atoms with Gasteiger partial charge in [-0.1, -0.05) is 0 Å². The number of nitrogens with one attached hydrogen (secondary N) is 2. The lowest BCUT2D eigenvalue weighted by Gasteiger charge is -2.23. The van der Waals surface area contributed by atoms with Crippen LogP contribution in [-0.4, -0.2) is 47.0 Å². The number of rotatable bonds is 6. The molecule has 0 bridgehead atoms. The molecule has 0 spiro atoms. The van der Waals surface area contributed by atoms with Gasteiger partial charge < -0.3 is 10.1 Å². The van der Waals surface area contributed by atoms with Crippen LogP contribution >= 0.6 is 12.4 Å². The summed E-state index contributed by atoms with van der Waals surface area (Å²) in [5, 5.41) is 3.17. The van der Waals surface area contributed by atoms with Crippen LogP contribution in [0.4, 0.5) is 0 Å². The van der Waals surface area contributed by atoms with E-state index in [1.165, 1.54) is 0 Å². The Morgan fingerprint density at radius 1 is 1.50 bits per heavy atom. The molecular weight excluding hydrogens is 252 g/mol. The predicted octanol–water partition coefficient (Wildman–Crippen LogP) is 0.116. The van der Waals surface area contributed by atoms with Crippen LogP contribution in [0.2, 0.25) is 0 Å². The summed E-state index contributed by atoms with van der Waals surface area (Å²) in [6, 6.07) is 0.0614. The Balaban J connectivity index is 0.00000225. The van der Waals surface area contributed by atoms with Crippen molar-refractivity contribution >= 4 is 22.4 Å². The molecule has 0 saturated carbocycles. The zero-order valence-electron chi connectivity index (χ0n) is 9.57. The average molecular weight is 273 g/mol. The van der Waals surface area contributed by atoms with Gasteiger partial charge in [0.05, 0.1) is 5.75 Å². The van der Waals surface area contributed by atoms with E-state index in [9.17, 15) is 8.42 Å². The third-order valence-corrected chi connectivity index (χ3v) is 3.92. The molecule has 0 aliphatic carbocycles. The van der Waals surface area contributed by atoms with Gasteiger partial charge in [0.25, 0.3) is 0 Å². The van der Waals surface area contributed by atoms with Gasteiger partial charge in [0, 0.05) is 26.3 Å². The fourth-order valence-corrected chi connectivity index (χ4v) is 2.98. The quantitative estimate of drug-likeness (QED) is 0.674. The topological polar surface area (TPSA) is 67.4 Å². The van der Waals surface area contributed by atoms with Crippen molar-refractivity contribution in [2.24, 2.45) is 0 Å². The molecule has 2 N–H and O–H groups in total. The van der Waals surface area contributed by atoms with E-state index in [2.05, 4.69) is 10.0 Å². The molecule has 16 heavy (non-hydrogen) atoms. The first-order valence-electron chi connectivity index (χ1n) is 5.34. The van der Waals surface area contributed by atoms with Crippen molar-refractivity contribution < 1.29 is 13.2 Å². The van der Waals surface area contributed by atoms with Crippen molar-refractivity contribution in [3.05, 3.63) is 0 Å². The zero-order valence-corrected chi connectivity index (χ0v) is 11.2. The van der Waals surface area contributed by atoms with E-state index in [0.29, 0.717) is 13.0 Å². The summed E-state index contributed by atoms with van der Waals surface area (Å²) in [6.45, 7) is 2.22. The monoisotopic (exact) mass is 272 g/mol. The lowest BCUT2D eigenvalue weighted by Crippen LogP contribution is -2.46. The highest BCUT2D eigenvalue weighted by Gasteiger charge is 2.19. The molecule has 7 heteroatoms. The normalized spacial score (nSPS) is 21.4. The van der Waals surface area contributed by atoms with Crippen molar-refractivity contribution in [3.8, 4) is 0 Å². The molecule has 1 saturated heterocycles. The summed E-state index contributed by atoms with van der Waals surface area (Å²) in [6.07, 6.45) is 2.51. The van der Waals surface area contributed by atoms with E-state index < -0.39 is 10.0 Å². The lowest BCUT2D eigenvalue weighted by molar-refractivity contribution is 0.199. The van der Waals surface area contributed by atoms with Gasteiger partial charge in [-0.15, -0.1) is 12.4 Å². The summed E-state index contributed by atoms with van der Waals surface area (Å²) in [5.41, 5.74) is 0. The van der Waals surface area contributed by atoms with Gasteiger partial charge in [-0.2, -0.15) is 0 Å². The Bertz CT molecular complexity index is 266. The van der Waals surface area contributed by atoms with Gasteiger partial charge in [-0.3, -0.25) is 0 Å². The van der Waals surface area contributed by atoms with E-state index >= 15 is 0 Å². The first kappa shape index (κ1) is 16.1. The molecule has 1 heterocycles. The number of hydrogen-bond donors (Lipinski definition) is 2. The third kappa shape index (κ3) is 6.65. The van der Waals surface area contributed by atoms with Gasteiger partial charge in [-0.25, -0.2) is 13.1 Å². The maximum atomic E-state index is 11.6. The average Bonchev–Trinajstić information content (AvgIpc) is 2.18. The van der Waals surface area contributed by atoms with Gasteiger partial charge in [0.2, 0.25) is 10.0 Å². The van der Waals surface area contributed by atoms with Crippen LogP contribution in [0.25, 0.3) is 0 Å². The molecule has 0 radical (unpaired) electrons. The smallest absolute Gasteiger partial charge is 0.211 e. The number of methoxy groups -OCH3 is 1. The molecule has 0 aromatic carbocycles. The fourth-order valence-electron chi connectivity index (χ4n) is 1.66. The molecule has 0 amide bonds.